The molecular weight excluding hydrogens is 166 g/mol. The van der Waals surface area contributed by atoms with Crippen molar-refractivity contribution in [3.63, 3.8) is 0 Å². The Kier molecular flexibility index (Phi) is 2.20. The zero-order valence-corrected chi connectivity index (χ0v) is 8.50. The Hall–Kier alpha value is -0.340. The van der Waals surface area contributed by atoms with Crippen LogP contribution in [-0.4, -0.2) is 7.05 Å². The van der Waals surface area contributed by atoms with Crippen molar-refractivity contribution in [1.82, 2.24) is 5.32 Å². The quantitative estimate of drug-likeness (QED) is 0.739. The van der Waals surface area contributed by atoms with Gasteiger partial charge in [0, 0.05) is 15.8 Å². The van der Waals surface area contributed by atoms with Gasteiger partial charge in [-0.05, 0) is 37.9 Å². The van der Waals surface area contributed by atoms with E-state index in [2.05, 4.69) is 25.4 Å². The number of hydrogen-bond donors (Lipinski definition) is 1. The third kappa shape index (κ3) is 1.19. The summed E-state index contributed by atoms with van der Waals surface area (Å²) in [6.45, 7) is 2.23. The van der Waals surface area contributed by atoms with E-state index in [9.17, 15) is 0 Å². The van der Waals surface area contributed by atoms with E-state index >= 15 is 0 Å². The lowest BCUT2D eigenvalue weighted by Gasteiger charge is -2.06. The van der Waals surface area contributed by atoms with Crippen molar-refractivity contribution in [2.75, 3.05) is 7.05 Å². The summed E-state index contributed by atoms with van der Waals surface area (Å²) in [4.78, 5) is 3.13. The van der Waals surface area contributed by atoms with Crippen LogP contribution in [-0.2, 0) is 12.8 Å². The lowest BCUT2D eigenvalue weighted by molar-refractivity contribution is 0.597. The summed E-state index contributed by atoms with van der Waals surface area (Å²) in [7, 11) is 2.06. The molecule has 2 heteroatoms. The molecule has 1 aliphatic carbocycles. The molecule has 1 aromatic heterocycles. The highest BCUT2D eigenvalue weighted by molar-refractivity contribution is 7.12. The molecule has 0 amide bonds. The van der Waals surface area contributed by atoms with Crippen LogP contribution in [0, 0.1) is 0 Å². The third-order valence-electron chi connectivity index (χ3n) is 2.61. The Morgan fingerprint density at radius 2 is 2.50 bits per heavy atom. The van der Waals surface area contributed by atoms with Crippen LogP contribution >= 0.6 is 11.3 Å². The molecule has 0 fully saturated rings. The standard InChI is InChI=1S/C10H15NS/c1-3-8-6-7-4-5-9(11-2)10(7)12-8/h6,9,11H,3-5H2,1-2H3. The molecule has 1 aliphatic rings. The Morgan fingerprint density at radius 3 is 3.17 bits per heavy atom. The molecule has 0 spiro atoms. The summed E-state index contributed by atoms with van der Waals surface area (Å²) < 4.78 is 0. The van der Waals surface area contributed by atoms with E-state index in [0.717, 1.165) is 0 Å². The zero-order chi connectivity index (χ0) is 8.55. The summed E-state index contributed by atoms with van der Waals surface area (Å²) >= 11 is 1.99. The van der Waals surface area contributed by atoms with Crippen molar-refractivity contribution < 1.29 is 0 Å². The van der Waals surface area contributed by atoms with Crippen LogP contribution in [0.15, 0.2) is 6.07 Å². The van der Waals surface area contributed by atoms with Gasteiger partial charge in [-0.25, -0.2) is 0 Å². The molecule has 0 saturated carbocycles. The second kappa shape index (κ2) is 3.19. The molecule has 1 heterocycles. The van der Waals surface area contributed by atoms with Gasteiger partial charge in [-0.1, -0.05) is 6.92 Å². The van der Waals surface area contributed by atoms with Gasteiger partial charge in [-0.2, -0.15) is 0 Å². The third-order valence-corrected chi connectivity index (χ3v) is 4.04. The fourth-order valence-electron chi connectivity index (χ4n) is 1.87. The van der Waals surface area contributed by atoms with Crippen molar-refractivity contribution in [3.8, 4) is 0 Å². The van der Waals surface area contributed by atoms with E-state index in [4.69, 9.17) is 0 Å². The summed E-state index contributed by atoms with van der Waals surface area (Å²) in [5.41, 5.74) is 1.59. The maximum Gasteiger partial charge on any atom is 0.0418 e. The van der Waals surface area contributed by atoms with E-state index in [1.807, 2.05) is 11.3 Å². The average molecular weight is 181 g/mol. The first-order valence-corrected chi connectivity index (χ1v) is 5.45. The predicted octanol–water partition coefficient (Wildman–Crippen LogP) is 2.52. The molecule has 0 aliphatic heterocycles. The smallest absolute Gasteiger partial charge is 0.0418 e. The van der Waals surface area contributed by atoms with Gasteiger partial charge >= 0.3 is 0 Å². The Morgan fingerprint density at radius 1 is 1.67 bits per heavy atom. The predicted molar refractivity (Wildman–Crippen MR) is 53.8 cm³/mol. The molecule has 0 bridgehead atoms. The molecule has 66 valence electrons. The molecule has 0 saturated heterocycles. The van der Waals surface area contributed by atoms with Gasteiger partial charge in [-0.15, -0.1) is 11.3 Å². The molecule has 12 heavy (non-hydrogen) atoms. The van der Waals surface area contributed by atoms with Crippen molar-refractivity contribution in [2.24, 2.45) is 0 Å². The summed E-state index contributed by atoms with van der Waals surface area (Å²) in [5.74, 6) is 0. The fourth-order valence-corrected chi connectivity index (χ4v) is 3.17. The van der Waals surface area contributed by atoms with Gasteiger partial charge in [0.2, 0.25) is 0 Å². The average Bonchev–Trinajstić information content (AvgIpc) is 2.61. The number of nitrogens with one attached hydrogen (secondary N) is 1. The van der Waals surface area contributed by atoms with Crippen LogP contribution in [0.1, 0.15) is 34.7 Å². The summed E-state index contributed by atoms with van der Waals surface area (Å²) in [5, 5.41) is 3.37. The minimum absolute atomic E-state index is 0.644. The molecule has 1 aromatic rings. The highest BCUT2D eigenvalue weighted by Crippen LogP contribution is 2.37. The lowest BCUT2D eigenvalue weighted by Crippen LogP contribution is -2.11. The van der Waals surface area contributed by atoms with Crippen LogP contribution in [0.25, 0.3) is 0 Å². The van der Waals surface area contributed by atoms with Gasteiger partial charge in [-0.3, -0.25) is 0 Å². The van der Waals surface area contributed by atoms with E-state index in [-0.39, 0.29) is 0 Å². The number of thiophene rings is 1. The maximum absolute atomic E-state index is 3.37. The minimum atomic E-state index is 0.644. The topological polar surface area (TPSA) is 12.0 Å². The van der Waals surface area contributed by atoms with Gasteiger partial charge in [0.25, 0.3) is 0 Å². The van der Waals surface area contributed by atoms with Crippen LogP contribution in [0.3, 0.4) is 0 Å². The summed E-state index contributed by atoms with van der Waals surface area (Å²) in [6.07, 6.45) is 3.76. The second-order valence-electron chi connectivity index (χ2n) is 3.34. The van der Waals surface area contributed by atoms with Crippen LogP contribution in [0.5, 0.6) is 0 Å². The first-order valence-electron chi connectivity index (χ1n) is 4.64. The maximum atomic E-state index is 3.37. The second-order valence-corrected chi connectivity index (χ2v) is 4.50. The lowest BCUT2D eigenvalue weighted by atomic mass is 10.2. The molecule has 1 unspecified atom stereocenters. The Balaban J connectivity index is 2.31. The van der Waals surface area contributed by atoms with Crippen LogP contribution < -0.4 is 5.32 Å². The van der Waals surface area contributed by atoms with E-state index in [0.29, 0.717) is 6.04 Å². The Labute approximate surface area is 77.8 Å². The molecular formula is C10H15NS. The number of fused-ring (bicyclic) bond motifs is 1. The molecule has 0 radical (unpaired) electrons. The van der Waals surface area contributed by atoms with E-state index < -0.39 is 0 Å². The fraction of sp³-hybridized carbons (Fsp3) is 0.600. The number of hydrogen-bond acceptors (Lipinski definition) is 2. The highest BCUT2D eigenvalue weighted by Gasteiger charge is 2.23. The molecule has 0 aromatic carbocycles. The zero-order valence-electron chi connectivity index (χ0n) is 7.68. The largest absolute Gasteiger partial charge is 0.312 e. The van der Waals surface area contributed by atoms with E-state index in [1.54, 1.807) is 15.3 Å². The SMILES string of the molecule is CCc1cc2c(s1)C(NC)CC2. The molecule has 1 nitrogen and oxygen atoms in total. The van der Waals surface area contributed by atoms with Gasteiger partial charge in [0.05, 0.1) is 0 Å². The van der Waals surface area contributed by atoms with Crippen molar-refractivity contribution >= 4 is 11.3 Å². The first kappa shape index (κ1) is 8.27. The van der Waals surface area contributed by atoms with Gasteiger partial charge < -0.3 is 5.32 Å². The summed E-state index contributed by atoms with van der Waals surface area (Å²) in [6, 6.07) is 3.03. The van der Waals surface area contributed by atoms with Gasteiger partial charge in [0.15, 0.2) is 0 Å². The monoisotopic (exact) mass is 181 g/mol. The number of aryl methyl sites for hydroxylation is 2. The Bertz CT molecular complexity index is 277. The van der Waals surface area contributed by atoms with E-state index in [1.165, 1.54) is 19.3 Å². The molecule has 1 atom stereocenters. The van der Waals surface area contributed by atoms with Crippen molar-refractivity contribution in [2.45, 2.75) is 32.2 Å². The normalized spacial score (nSPS) is 21.3. The van der Waals surface area contributed by atoms with Crippen LogP contribution in [0.2, 0.25) is 0 Å². The van der Waals surface area contributed by atoms with Crippen LogP contribution in [0.4, 0.5) is 0 Å². The minimum Gasteiger partial charge on any atom is -0.312 e. The highest BCUT2D eigenvalue weighted by atomic mass is 32.1. The van der Waals surface area contributed by atoms with Gasteiger partial charge in [0.1, 0.15) is 0 Å². The first-order chi connectivity index (χ1) is 5.85. The molecule has 2 rings (SSSR count). The van der Waals surface area contributed by atoms with Crippen molar-refractivity contribution in [3.05, 3.63) is 21.4 Å². The van der Waals surface area contributed by atoms with Crippen molar-refractivity contribution in [1.29, 1.82) is 0 Å². The number of rotatable bonds is 2. The molecule has 1 N–H and O–H groups in total.